The Balaban J connectivity index is 1.83. The molecule has 0 unspecified atom stereocenters. The number of hydrogen-bond acceptors (Lipinski definition) is 2. The molecule has 0 aliphatic heterocycles. The molecule has 3 aromatic rings. The van der Waals surface area contributed by atoms with E-state index in [2.05, 4.69) is 57.2 Å². The van der Waals surface area contributed by atoms with Crippen LogP contribution in [0.2, 0.25) is 0 Å². The highest BCUT2D eigenvalue weighted by Gasteiger charge is 2.08. The number of unbranched alkanes of at least 4 members (excludes halogenated alkanes) is 1. The molecule has 1 N–H and O–H groups in total. The number of benzene rings is 1. The first-order chi connectivity index (χ1) is 10.4. The van der Waals surface area contributed by atoms with Gasteiger partial charge in [-0.2, -0.15) is 11.3 Å². The van der Waals surface area contributed by atoms with E-state index in [9.17, 15) is 0 Å². The van der Waals surface area contributed by atoms with Gasteiger partial charge in [0.1, 0.15) is 0 Å². The molecule has 0 bridgehead atoms. The topological polar surface area (TPSA) is 17.0 Å². The smallest absolute Gasteiger partial charge is 0.0486 e. The Kier molecular flexibility index (Phi) is 4.73. The van der Waals surface area contributed by atoms with Crippen molar-refractivity contribution >= 4 is 22.2 Å². The van der Waals surface area contributed by atoms with Gasteiger partial charge in [0.2, 0.25) is 0 Å². The Bertz CT molecular complexity index is 682. The first-order valence-corrected chi connectivity index (χ1v) is 8.55. The third kappa shape index (κ3) is 3.36. The number of rotatable bonds is 7. The zero-order valence-electron chi connectivity index (χ0n) is 12.5. The molecule has 0 saturated carbocycles. The second kappa shape index (κ2) is 6.92. The lowest BCUT2D eigenvalue weighted by molar-refractivity contribution is 0.677. The van der Waals surface area contributed by atoms with Gasteiger partial charge in [-0.15, -0.1) is 0 Å². The summed E-state index contributed by atoms with van der Waals surface area (Å²) in [5, 5.41) is 9.03. The van der Waals surface area contributed by atoms with Crippen molar-refractivity contribution in [2.24, 2.45) is 0 Å². The highest BCUT2D eigenvalue weighted by atomic mass is 32.1. The normalized spacial score (nSPS) is 11.3. The summed E-state index contributed by atoms with van der Waals surface area (Å²) in [7, 11) is 2.02. The standard InChI is InChI=1S/C18H22N2S/c1-19-10-5-4-6-16-13-20(12-15-9-11-21-14-15)18-8-3-2-7-17(16)18/h2-3,7-9,11,13-14,19H,4-6,10,12H2,1H3. The van der Waals surface area contributed by atoms with Crippen LogP contribution in [-0.4, -0.2) is 18.2 Å². The lowest BCUT2D eigenvalue weighted by atomic mass is 10.1. The fourth-order valence-corrected chi connectivity index (χ4v) is 3.51. The molecule has 0 radical (unpaired) electrons. The lowest BCUT2D eigenvalue weighted by Crippen LogP contribution is -2.07. The molecular formula is C18H22N2S. The number of para-hydroxylation sites is 1. The molecule has 2 heterocycles. The summed E-state index contributed by atoms with van der Waals surface area (Å²) in [6.07, 6.45) is 5.99. The van der Waals surface area contributed by atoms with E-state index in [0.717, 1.165) is 13.1 Å². The molecular weight excluding hydrogens is 276 g/mol. The van der Waals surface area contributed by atoms with Crippen LogP contribution in [0.4, 0.5) is 0 Å². The molecule has 0 fully saturated rings. The summed E-state index contributed by atoms with van der Waals surface area (Å²) in [5.41, 5.74) is 4.23. The Morgan fingerprint density at radius 3 is 2.86 bits per heavy atom. The van der Waals surface area contributed by atoms with Gasteiger partial charge in [-0.3, -0.25) is 0 Å². The van der Waals surface area contributed by atoms with Crippen LogP contribution in [0.1, 0.15) is 24.0 Å². The van der Waals surface area contributed by atoms with Crippen LogP contribution in [0.15, 0.2) is 47.3 Å². The summed E-state index contributed by atoms with van der Waals surface area (Å²) < 4.78 is 2.39. The molecule has 2 aromatic heterocycles. The fraction of sp³-hybridized carbons (Fsp3) is 0.333. The van der Waals surface area contributed by atoms with Crippen molar-refractivity contribution in [3.63, 3.8) is 0 Å². The van der Waals surface area contributed by atoms with Gasteiger partial charge in [0, 0.05) is 23.6 Å². The van der Waals surface area contributed by atoms with Gasteiger partial charge in [-0.1, -0.05) is 18.2 Å². The van der Waals surface area contributed by atoms with Gasteiger partial charge in [0.05, 0.1) is 0 Å². The van der Waals surface area contributed by atoms with E-state index < -0.39 is 0 Å². The maximum Gasteiger partial charge on any atom is 0.0486 e. The predicted octanol–water partition coefficient (Wildman–Crippen LogP) is 4.29. The first kappa shape index (κ1) is 14.4. The monoisotopic (exact) mass is 298 g/mol. The Hall–Kier alpha value is -1.58. The van der Waals surface area contributed by atoms with Crippen LogP contribution < -0.4 is 5.32 Å². The third-order valence-corrected chi connectivity index (χ3v) is 4.66. The molecule has 2 nitrogen and oxygen atoms in total. The van der Waals surface area contributed by atoms with Crippen molar-refractivity contribution in [2.45, 2.75) is 25.8 Å². The molecule has 0 saturated heterocycles. The Morgan fingerprint density at radius 1 is 1.14 bits per heavy atom. The Morgan fingerprint density at radius 2 is 2.05 bits per heavy atom. The summed E-state index contributed by atoms with van der Waals surface area (Å²) in [4.78, 5) is 0. The van der Waals surface area contributed by atoms with Gasteiger partial charge >= 0.3 is 0 Å². The van der Waals surface area contributed by atoms with Gasteiger partial charge in [0.25, 0.3) is 0 Å². The summed E-state index contributed by atoms with van der Waals surface area (Å²) in [5.74, 6) is 0. The van der Waals surface area contributed by atoms with Crippen LogP contribution in [0.3, 0.4) is 0 Å². The first-order valence-electron chi connectivity index (χ1n) is 7.61. The van der Waals surface area contributed by atoms with Gasteiger partial charge < -0.3 is 9.88 Å². The minimum Gasteiger partial charge on any atom is -0.343 e. The van der Waals surface area contributed by atoms with Crippen molar-refractivity contribution in [3.05, 3.63) is 58.4 Å². The maximum atomic E-state index is 3.22. The van der Waals surface area contributed by atoms with Crippen molar-refractivity contribution in [1.82, 2.24) is 9.88 Å². The quantitative estimate of drug-likeness (QED) is 0.644. The lowest BCUT2D eigenvalue weighted by Gasteiger charge is -2.02. The van der Waals surface area contributed by atoms with Crippen LogP contribution in [0.5, 0.6) is 0 Å². The molecule has 1 aromatic carbocycles. The molecule has 3 heteroatoms. The third-order valence-electron chi connectivity index (χ3n) is 3.93. The highest BCUT2D eigenvalue weighted by molar-refractivity contribution is 7.07. The van der Waals surface area contributed by atoms with Gasteiger partial charge in [0.15, 0.2) is 0 Å². The van der Waals surface area contributed by atoms with Crippen LogP contribution >= 0.6 is 11.3 Å². The molecule has 0 aliphatic rings. The molecule has 0 aliphatic carbocycles. The van der Waals surface area contributed by atoms with E-state index in [-0.39, 0.29) is 0 Å². The molecule has 0 atom stereocenters. The number of nitrogens with one attached hydrogen (secondary N) is 1. The zero-order chi connectivity index (χ0) is 14.5. The minimum absolute atomic E-state index is 0.973. The highest BCUT2D eigenvalue weighted by Crippen LogP contribution is 2.24. The van der Waals surface area contributed by atoms with E-state index >= 15 is 0 Å². The number of fused-ring (bicyclic) bond motifs is 1. The number of hydrogen-bond donors (Lipinski definition) is 1. The van der Waals surface area contributed by atoms with E-state index in [1.54, 1.807) is 11.3 Å². The second-order valence-electron chi connectivity index (χ2n) is 5.49. The summed E-state index contributed by atoms with van der Waals surface area (Å²) in [6, 6.07) is 11.0. The van der Waals surface area contributed by atoms with Crippen LogP contribution in [0.25, 0.3) is 10.9 Å². The van der Waals surface area contributed by atoms with Crippen molar-refractivity contribution in [1.29, 1.82) is 0 Å². The van der Waals surface area contributed by atoms with E-state index in [1.807, 2.05) is 7.05 Å². The predicted molar refractivity (Wildman–Crippen MR) is 92.2 cm³/mol. The minimum atomic E-state index is 0.973. The molecule has 3 rings (SSSR count). The molecule has 110 valence electrons. The number of aryl methyl sites for hydroxylation is 1. The maximum absolute atomic E-state index is 3.22. The SMILES string of the molecule is CNCCCCc1cn(Cc2ccsc2)c2ccccc12. The van der Waals surface area contributed by atoms with Crippen molar-refractivity contribution in [3.8, 4) is 0 Å². The van der Waals surface area contributed by atoms with Crippen molar-refractivity contribution < 1.29 is 0 Å². The molecule has 0 spiro atoms. The average molecular weight is 298 g/mol. The molecule has 0 amide bonds. The average Bonchev–Trinajstić information content (AvgIpc) is 3.13. The number of thiophene rings is 1. The van der Waals surface area contributed by atoms with Gasteiger partial charge in [-0.05, 0) is 66.9 Å². The fourth-order valence-electron chi connectivity index (χ4n) is 2.85. The number of nitrogens with zero attached hydrogens (tertiary/aromatic N) is 1. The van der Waals surface area contributed by atoms with Crippen LogP contribution in [-0.2, 0) is 13.0 Å². The molecule has 21 heavy (non-hydrogen) atoms. The van der Waals surface area contributed by atoms with E-state index in [1.165, 1.54) is 41.3 Å². The Labute approximate surface area is 130 Å². The van der Waals surface area contributed by atoms with Crippen LogP contribution in [0, 0.1) is 0 Å². The number of aromatic nitrogens is 1. The zero-order valence-corrected chi connectivity index (χ0v) is 13.3. The summed E-state index contributed by atoms with van der Waals surface area (Å²) in [6.45, 7) is 2.08. The summed E-state index contributed by atoms with van der Waals surface area (Å²) >= 11 is 1.77. The van der Waals surface area contributed by atoms with Crippen molar-refractivity contribution in [2.75, 3.05) is 13.6 Å². The van der Waals surface area contributed by atoms with E-state index in [4.69, 9.17) is 0 Å². The van der Waals surface area contributed by atoms with Gasteiger partial charge in [-0.25, -0.2) is 0 Å². The largest absolute Gasteiger partial charge is 0.343 e. The van der Waals surface area contributed by atoms with E-state index in [0.29, 0.717) is 0 Å². The second-order valence-corrected chi connectivity index (χ2v) is 6.27.